The lowest BCUT2D eigenvalue weighted by atomic mass is 10.2. The first-order chi connectivity index (χ1) is 9.31. The van der Waals surface area contributed by atoms with Crippen LogP contribution in [0.15, 0.2) is 18.2 Å². The normalized spacial score (nSPS) is 21.2. The number of hydrogen-bond acceptors (Lipinski definition) is 5. The summed E-state index contributed by atoms with van der Waals surface area (Å²) in [7, 11) is 0. The summed E-state index contributed by atoms with van der Waals surface area (Å²) >= 11 is 1.89. The van der Waals surface area contributed by atoms with Gasteiger partial charge in [-0.2, -0.15) is 11.8 Å². The van der Waals surface area contributed by atoms with Gasteiger partial charge in [-0.05, 0) is 12.1 Å². The molecule has 0 aromatic heterocycles. The van der Waals surface area contributed by atoms with Crippen LogP contribution in [0.2, 0.25) is 0 Å². The Hall–Kier alpha value is -1.40. The molecule has 6 heteroatoms. The van der Waals surface area contributed by atoms with Gasteiger partial charge in [-0.3, -0.25) is 4.79 Å². The van der Waals surface area contributed by atoms with Gasteiger partial charge in [0.1, 0.15) is 0 Å². The highest BCUT2D eigenvalue weighted by molar-refractivity contribution is 7.99. The van der Waals surface area contributed by atoms with Crippen LogP contribution in [0.1, 0.15) is 6.42 Å². The summed E-state index contributed by atoms with van der Waals surface area (Å²) in [4.78, 5) is 11.9. The SMILES string of the molecule is O=C(CC1CSCCN1)Nc1ccc2c(c1)OCO2. The highest BCUT2D eigenvalue weighted by Crippen LogP contribution is 2.34. The van der Waals surface area contributed by atoms with Crippen molar-refractivity contribution in [1.82, 2.24) is 5.32 Å². The summed E-state index contributed by atoms with van der Waals surface area (Å²) in [5, 5.41) is 6.25. The fourth-order valence-electron chi connectivity index (χ4n) is 2.16. The molecule has 2 N–H and O–H groups in total. The molecule has 1 aromatic carbocycles. The maximum Gasteiger partial charge on any atom is 0.231 e. The predicted octanol–water partition coefficient (Wildman–Crippen LogP) is 1.45. The first-order valence-corrected chi connectivity index (χ1v) is 7.47. The fraction of sp³-hybridized carbons (Fsp3) is 0.462. The number of ether oxygens (including phenoxy) is 2. The molecule has 1 amide bonds. The third kappa shape index (κ3) is 3.13. The van der Waals surface area contributed by atoms with Crippen LogP contribution < -0.4 is 20.1 Å². The number of fused-ring (bicyclic) bond motifs is 1. The number of rotatable bonds is 3. The van der Waals surface area contributed by atoms with E-state index in [0.29, 0.717) is 12.2 Å². The van der Waals surface area contributed by atoms with Crippen LogP contribution in [0.5, 0.6) is 11.5 Å². The van der Waals surface area contributed by atoms with E-state index in [2.05, 4.69) is 10.6 Å². The van der Waals surface area contributed by atoms with E-state index in [1.165, 1.54) is 0 Å². The van der Waals surface area contributed by atoms with Crippen molar-refractivity contribution in [1.29, 1.82) is 0 Å². The summed E-state index contributed by atoms with van der Waals surface area (Å²) in [5.74, 6) is 3.56. The molecule has 2 aliphatic rings. The van der Waals surface area contributed by atoms with Crippen molar-refractivity contribution >= 4 is 23.4 Å². The van der Waals surface area contributed by atoms with Crippen LogP contribution in [0, 0.1) is 0 Å². The van der Waals surface area contributed by atoms with E-state index >= 15 is 0 Å². The van der Waals surface area contributed by atoms with Crippen molar-refractivity contribution in [3.63, 3.8) is 0 Å². The van der Waals surface area contributed by atoms with Gasteiger partial charge in [0.25, 0.3) is 0 Å². The van der Waals surface area contributed by atoms with Crippen LogP contribution in [0.25, 0.3) is 0 Å². The Balaban J connectivity index is 1.56. The van der Waals surface area contributed by atoms with Crippen molar-refractivity contribution in [2.24, 2.45) is 0 Å². The molecule has 0 saturated carbocycles. The molecular formula is C13H16N2O3S. The highest BCUT2D eigenvalue weighted by Gasteiger charge is 2.18. The van der Waals surface area contributed by atoms with Crippen molar-refractivity contribution in [3.8, 4) is 11.5 Å². The highest BCUT2D eigenvalue weighted by atomic mass is 32.2. The smallest absolute Gasteiger partial charge is 0.231 e. The van der Waals surface area contributed by atoms with Crippen LogP contribution in [0.3, 0.4) is 0 Å². The van der Waals surface area contributed by atoms with E-state index in [1.54, 1.807) is 6.07 Å². The van der Waals surface area contributed by atoms with Crippen LogP contribution in [0.4, 0.5) is 5.69 Å². The van der Waals surface area contributed by atoms with Gasteiger partial charge in [-0.1, -0.05) is 0 Å². The van der Waals surface area contributed by atoms with Crippen LogP contribution >= 0.6 is 11.8 Å². The van der Waals surface area contributed by atoms with Crippen LogP contribution in [-0.4, -0.2) is 36.8 Å². The lowest BCUT2D eigenvalue weighted by molar-refractivity contribution is -0.116. The average molecular weight is 280 g/mol. The maximum atomic E-state index is 11.9. The van der Waals surface area contributed by atoms with Gasteiger partial charge < -0.3 is 20.1 Å². The summed E-state index contributed by atoms with van der Waals surface area (Å²) in [6.45, 7) is 1.22. The Labute approximate surface area is 116 Å². The number of benzene rings is 1. The molecule has 0 radical (unpaired) electrons. The first-order valence-electron chi connectivity index (χ1n) is 6.32. The van der Waals surface area contributed by atoms with E-state index in [4.69, 9.17) is 9.47 Å². The molecule has 1 saturated heterocycles. The fourth-order valence-corrected chi connectivity index (χ4v) is 3.11. The van der Waals surface area contributed by atoms with Crippen molar-refractivity contribution in [2.75, 3.05) is 30.2 Å². The third-order valence-electron chi connectivity index (χ3n) is 3.09. The Morgan fingerprint density at radius 3 is 3.16 bits per heavy atom. The zero-order valence-electron chi connectivity index (χ0n) is 10.5. The van der Waals surface area contributed by atoms with Gasteiger partial charge in [-0.15, -0.1) is 0 Å². The predicted molar refractivity (Wildman–Crippen MR) is 74.9 cm³/mol. The minimum absolute atomic E-state index is 0.0267. The minimum Gasteiger partial charge on any atom is -0.454 e. The summed E-state index contributed by atoms with van der Waals surface area (Å²) in [6.07, 6.45) is 0.501. The van der Waals surface area contributed by atoms with Gasteiger partial charge in [0.2, 0.25) is 12.7 Å². The molecule has 0 bridgehead atoms. The summed E-state index contributed by atoms with van der Waals surface area (Å²) in [6, 6.07) is 5.71. The molecule has 102 valence electrons. The molecule has 1 unspecified atom stereocenters. The Bertz CT molecular complexity index is 475. The third-order valence-corrected chi connectivity index (χ3v) is 4.22. The molecule has 5 nitrogen and oxygen atoms in total. The van der Waals surface area contributed by atoms with Gasteiger partial charge in [-0.25, -0.2) is 0 Å². The van der Waals surface area contributed by atoms with E-state index in [9.17, 15) is 4.79 Å². The van der Waals surface area contributed by atoms with Crippen molar-refractivity contribution in [2.45, 2.75) is 12.5 Å². The standard InChI is InChI=1S/C13H16N2O3S/c16-13(6-10-7-19-4-3-14-10)15-9-1-2-11-12(5-9)18-8-17-11/h1-2,5,10,14H,3-4,6-8H2,(H,15,16). The topological polar surface area (TPSA) is 59.6 Å². The van der Waals surface area contributed by atoms with Crippen molar-refractivity contribution in [3.05, 3.63) is 18.2 Å². The van der Waals surface area contributed by atoms with E-state index in [-0.39, 0.29) is 18.7 Å². The Morgan fingerprint density at radius 1 is 1.42 bits per heavy atom. The molecule has 19 heavy (non-hydrogen) atoms. The molecule has 2 heterocycles. The van der Waals surface area contributed by atoms with Crippen molar-refractivity contribution < 1.29 is 14.3 Å². The Kier molecular flexibility index (Phi) is 3.79. The van der Waals surface area contributed by atoms with E-state index < -0.39 is 0 Å². The number of hydrogen-bond donors (Lipinski definition) is 2. The number of carbonyl (C=O) groups excluding carboxylic acids is 1. The second-order valence-corrected chi connectivity index (χ2v) is 5.70. The lowest BCUT2D eigenvalue weighted by Crippen LogP contribution is -2.39. The number of nitrogens with one attached hydrogen (secondary N) is 2. The monoisotopic (exact) mass is 280 g/mol. The van der Waals surface area contributed by atoms with Gasteiger partial charge in [0.15, 0.2) is 11.5 Å². The number of carbonyl (C=O) groups is 1. The molecule has 3 rings (SSSR count). The second-order valence-electron chi connectivity index (χ2n) is 4.55. The largest absolute Gasteiger partial charge is 0.454 e. The zero-order valence-corrected chi connectivity index (χ0v) is 11.3. The average Bonchev–Trinajstić information content (AvgIpc) is 2.87. The number of anilines is 1. The Morgan fingerprint density at radius 2 is 2.32 bits per heavy atom. The van der Waals surface area contributed by atoms with Gasteiger partial charge in [0, 0.05) is 42.3 Å². The number of amides is 1. The van der Waals surface area contributed by atoms with Gasteiger partial charge in [0.05, 0.1) is 0 Å². The van der Waals surface area contributed by atoms with Crippen LogP contribution in [-0.2, 0) is 4.79 Å². The van der Waals surface area contributed by atoms with E-state index in [0.717, 1.165) is 29.5 Å². The molecule has 1 aromatic rings. The quantitative estimate of drug-likeness (QED) is 0.877. The molecule has 1 atom stereocenters. The molecular weight excluding hydrogens is 264 g/mol. The molecule has 1 fully saturated rings. The second kappa shape index (κ2) is 5.71. The summed E-state index contributed by atoms with van der Waals surface area (Å²) in [5.41, 5.74) is 0.748. The first kappa shape index (κ1) is 12.6. The zero-order chi connectivity index (χ0) is 13.1. The maximum absolute atomic E-state index is 11.9. The summed E-state index contributed by atoms with van der Waals surface area (Å²) < 4.78 is 10.5. The molecule has 2 aliphatic heterocycles. The lowest BCUT2D eigenvalue weighted by Gasteiger charge is -2.22. The molecule has 0 spiro atoms. The minimum atomic E-state index is 0.0267. The van der Waals surface area contributed by atoms with Gasteiger partial charge >= 0.3 is 0 Å². The molecule has 0 aliphatic carbocycles. The number of thioether (sulfide) groups is 1. The van der Waals surface area contributed by atoms with E-state index in [1.807, 2.05) is 23.9 Å².